The van der Waals surface area contributed by atoms with Crippen molar-refractivity contribution in [1.29, 1.82) is 0 Å². The molecule has 0 spiro atoms. The van der Waals surface area contributed by atoms with Crippen LogP contribution in [0.2, 0.25) is 0 Å². The Hall–Kier alpha value is -2.07. The van der Waals surface area contributed by atoms with Crippen LogP contribution in [0.3, 0.4) is 0 Å². The lowest BCUT2D eigenvalue weighted by atomic mass is 9.92. The first-order valence-corrected chi connectivity index (χ1v) is 10.0. The molecule has 1 atom stereocenters. The average molecular weight is 355 g/mol. The van der Waals surface area contributed by atoms with Crippen LogP contribution in [0, 0.1) is 0 Å². The molecule has 0 radical (unpaired) electrons. The summed E-state index contributed by atoms with van der Waals surface area (Å²) < 4.78 is 0. The highest BCUT2D eigenvalue weighted by molar-refractivity contribution is 7.10. The van der Waals surface area contributed by atoms with Crippen molar-refractivity contribution >= 4 is 28.1 Å². The molecule has 1 amide bonds. The van der Waals surface area contributed by atoms with E-state index in [1.165, 1.54) is 26.9 Å². The molecule has 2 heterocycles. The topological polar surface area (TPSA) is 44.9 Å². The second-order valence-corrected chi connectivity index (χ2v) is 7.39. The van der Waals surface area contributed by atoms with Crippen LogP contribution in [0.25, 0.3) is 10.9 Å². The molecular weight excluding hydrogens is 328 g/mol. The minimum Gasteiger partial charge on any atom is -0.361 e. The number of carbonyl (C=O) groups is 1. The zero-order valence-electron chi connectivity index (χ0n) is 15.0. The number of carbonyl (C=O) groups excluding carboxylic acids is 1. The van der Waals surface area contributed by atoms with Gasteiger partial charge in [0.25, 0.3) is 0 Å². The summed E-state index contributed by atoms with van der Waals surface area (Å²) in [4.78, 5) is 17.2. The van der Waals surface area contributed by atoms with Gasteiger partial charge in [0, 0.05) is 40.9 Å². The number of para-hydroxylation sites is 1. The number of aromatic nitrogens is 1. The number of aryl methyl sites for hydroxylation is 1. The third-order valence-electron chi connectivity index (χ3n) is 4.72. The lowest BCUT2D eigenvalue weighted by molar-refractivity contribution is -0.121. The van der Waals surface area contributed by atoms with E-state index in [2.05, 4.69) is 66.1 Å². The molecular formula is C21H26N2OS. The number of aromatic amines is 1. The number of fused-ring (bicyclic) bond motifs is 1. The number of thiophene rings is 1. The summed E-state index contributed by atoms with van der Waals surface area (Å²) in [6.45, 7) is 5.07. The van der Waals surface area contributed by atoms with E-state index >= 15 is 0 Å². The molecule has 1 unspecified atom stereocenters. The monoisotopic (exact) mass is 354 g/mol. The SMILES string of the molecule is CCCCNC(=O)CC(c1cccs1)c1c[nH]c2c(CC)cccc12. The molecule has 3 rings (SSSR count). The Bertz CT molecular complexity index is 820. The van der Waals surface area contributed by atoms with E-state index in [0.29, 0.717) is 6.42 Å². The Morgan fingerprint density at radius 1 is 1.24 bits per heavy atom. The molecule has 0 saturated heterocycles. The minimum absolute atomic E-state index is 0.0995. The summed E-state index contributed by atoms with van der Waals surface area (Å²) in [5.74, 6) is 0.232. The number of H-pyrrole nitrogens is 1. The molecule has 2 N–H and O–H groups in total. The summed E-state index contributed by atoms with van der Waals surface area (Å²) in [5.41, 5.74) is 3.74. The van der Waals surface area contributed by atoms with Gasteiger partial charge < -0.3 is 10.3 Å². The van der Waals surface area contributed by atoms with Crippen LogP contribution < -0.4 is 5.32 Å². The Morgan fingerprint density at radius 3 is 2.84 bits per heavy atom. The van der Waals surface area contributed by atoms with Crippen LogP contribution in [0.4, 0.5) is 0 Å². The van der Waals surface area contributed by atoms with E-state index in [1.807, 2.05) is 0 Å². The second kappa shape index (κ2) is 8.34. The number of rotatable bonds is 8. The molecule has 2 aromatic heterocycles. The lowest BCUT2D eigenvalue weighted by Gasteiger charge is -2.15. The summed E-state index contributed by atoms with van der Waals surface area (Å²) in [6, 6.07) is 10.6. The normalized spacial score (nSPS) is 12.4. The van der Waals surface area contributed by atoms with Gasteiger partial charge in [-0.05, 0) is 35.4 Å². The zero-order valence-corrected chi connectivity index (χ0v) is 15.8. The minimum atomic E-state index is 0.0995. The van der Waals surface area contributed by atoms with Crippen LogP contribution in [0.15, 0.2) is 41.9 Å². The molecule has 1 aromatic carbocycles. The van der Waals surface area contributed by atoms with Gasteiger partial charge in [-0.25, -0.2) is 0 Å². The Balaban J connectivity index is 1.92. The Kier molecular flexibility index (Phi) is 5.92. The molecule has 0 saturated carbocycles. The van der Waals surface area contributed by atoms with Gasteiger partial charge in [-0.2, -0.15) is 0 Å². The third kappa shape index (κ3) is 3.96. The van der Waals surface area contributed by atoms with Crippen molar-refractivity contribution < 1.29 is 4.79 Å². The molecule has 132 valence electrons. The quantitative estimate of drug-likeness (QED) is 0.535. The van der Waals surface area contributed by atoms with E-state index < -0.39 is 0 Å². The summed E-state index contributed by atoms with van der Waals surface area (Å²) in [7, 11) is 0. The summed E-state index contributed by atoms with van der Waals surface area (Å²) >= 11 is 1.72. The number of hydrogen-bond acceptors (Lipinski definition) is 2. The maximum Gasteiger partial charge on any atom is 0.220 e. The van der Waals surface area contributed by atoms with Crippen molar-refractivity contribution in [3.05, 3.63) is 57.9 Å². The number of nitrogens with one attached hydrogen (secondary N) is 2. The average Bonchev–Trinajstić information content (AvgIpc) is 3.29. The Morgan fingerprint density at radius 2 is 2.12 bits per heavy atom. The smallest absolute Gasteiger partial charge is 0.220 e. The van der Waals surface area contributed by atoms with Crippen LogP contribution in [-0.2, 0) is 11.2 Å². The van der Waals surface area contributed by atoms with E-state index in [-0.39, 0.29) is 11.8 Å². The van der Waals surface area contributed by atoms with E-state index in [0.717, 1.165) is 25.8 Å². The number of amides is 1. The maximum absolute atomic E-state index is 12.5. The van der Waals surface area contributed by atoms with Gasteiger partial charge in [0.1, 0.15) is 0 Å². The van der Waals surface area contributed by atoms with Gasteiger partial charge in [0.05, 0.1) is 0 Å². The third-order valence-corrected chi connectivity index (χ3v) is 5.70. The highest BCUT2D eigenvalue weighted by atomic mass is 32.1. The van der Waals surface area contributed by atoms with Crippen LogP contribution in [0.1, 0.15) is 55.0 Å². The van der Waals surface area contributed by atoms with E-state index in [1.54, 1.807) is 11.3 Å². The Labute approximate surface area is 153 Å². The van der Waals surface area contributed by atoms with Gasteiger partial charge in [-0.1, -0.05) is 44.5 Å². The number of hydrogen-bond donors (Lipinski definition) is 2. The standard InChI is InChI=1S/C21H26N2OS/c1-3-5-11-22-20(24)13-17(19-10-7-12-25-19)18-14-23-21-15(4-2)8-6-9-16(18)21/h6-10,12,14,17,23H,3-5,11,13H2,1-2H3,(H,22,24). The number of benzene rings is 1. The van der Waals surface area contributed by atoms with Gasteiger partial charge in [0.15, 0.2) is 0 Å². The van der Waals surface area contributed by atoms with Crippen LogP contribution in [0.5, 0.6) is 0 Å². The van der Waals surface area contributed by atoms with Crippen LogP contribution >= 0.6 is 11.3 Å². The number of unbranched alkanes of at least 4 members (excludes halogenated alkanes) is 1. The van der Waals surface area contributed by atoms with Gasteiger partial charge >= 0.3 is 0 Å². The van der Waals surface area contributed by atoms with Crippen molar-refractivity contribution in [1.82, 2.24) is 10.3 Å². The van der Waals surface area contributed by atoms with E-state index in [9.17, 15) is 4.79 Å². The molecule has 0 fully saturated rings. The fourth-order valence-corrected chi connectivity index (χ4v) is 4.18. The molecule has 3 nitrogen and oxygen atoms in total. The van der Waals surface area contributed by atoms with Gasteiger partial charge in [-0.3, -0.25) is 4.79 Å². The fraction of sp³-hybridized carbons (Fsp3) is 0.381. The second-order valence-electron chi connectivity index (χ2n) is 6.41. The van der Waals surface area contributed by atoms with Crippen molar-refractivity contribution in [2.45, 2.75) is 45.4 Å². The summed E-state index contributed by atoms with van der Waals surface area (Å²) in [6.07, 6.45) is 5.71. The molecule has 3 aromatic rings. The lowest BCUT2D eigenvalue weighted by Crippen LogP contribution is -2.26. The maximum atomic E-state index is 12.5. The predicted octanol–water partition coefficient (Wildman–Crippen LogP) is 5.23. The van der Waals surface area contributed by atoms with Crippen molar-refractivity contribution in [3.63, 3.8) is 0 Å². The predicted molar refractivity (Wildman–Crippen MR) is 106 cm³/mol. The molecule has 0 bridgehead atoms. The van der Waals surface area contributed by atoms with Crippen molar-refractivity contribution in [3.8, 4) is 0 Å². The fourth-order valence-electron chi connectivity index (χ4n) is 3.34. The first-order valence-electron chi connectivity index (χ1n) is 9.13. The van der Waals surface area contributed by atoms with E-state index in [4.69, 9.17) is 0 Å². The van der Waals surface area contributed by atoms with Crippen molar-refractivity contribution in [2.75, 3.05) is 6.54 Å². The molecule has 0 aliphatic heterocycles. The first kappa shape index (κ1) is 17.7. The molecule has 4 heteroatoms. The molecule has 0 aliphatic carbocycles. The largest absolute Gasteiger partial charge is 0.361 e. The molecule has 25 heavy (non-hydrogen) atoms. The molecule has 0 aliphatic rings. The van der Waals surface area contributed by atoms with Gasteiger partial charge in [0.2, 0.25) is 5.91 Å². The van der Waals surface area contributed by atoms with Crippen LogP contribution in [-0.4, -0.2) is 17.4 Å². The zero-order chi connectivity index (χ0) is 17.6. The van der Waals surface area contributed by atoms with Crippen molar-refractivity contribution in [2.24, 2.45) is 0 Å². The first-order chi connectivity index (χ1) is 12.2. The highest BCUT2D eigenvalue weighted by Gasteiger charge is 2.22. The summed E-state index contributed by atoms with van der Waals surface area (Å²) in [5, 5.41) is 6.39. The highest BCUT2D eigenvalue weighted by Crippen LogP contribution is 2.36. The van der Waals surface area contributed by atoms with Gasteiger partial charge in [-0.15, -0.1) is 11.3 Å².